The number of nitrogen functional groups attached to an aromatic ring is 1. The van der Waals surface area contributed by atoms with E-state index in [2.05, 4.69) is 20.1 Å². The van der Waals surface area contributed by atoms with Crippen LogP contribution in [0.2, 0.25) is 0 Å². The predicted octanol–water partition coefficient (Wildman–Crippen LogP) is -1.96. The first-order chi connectivity index (χ1) is 14.2. The molecule has 0 spiro atoms. The van der Waals surface area contributed by atoms with Gasteiger partial charge in [0, 0.05) is 29.9 Å². The Kier molecular flexibility index (Phi) is 6.64. The Hall–Kier alpha value is -2.62. The Balaban J connectivity index is 2.28. The van der Waals surface area contributed by atoms with E-state index in [4.69, 9.17) is 22.4 Å². The van der Waals surface area contributed by atoms with E-state index in [9.17, 15) is 12.6 Å². The number of primary sulfonamides is 1. The number of sulfonamides is 1. The number of hydrazine groups is 1. The molecule has 3 rings (SSSR count). The third-order valence-corrected chi connectivity index (χ3v) is 6.92. The van der Waals surface area contributed by atoms with Gasteiger partial charge in [0.15, 0.2) is 5.84 Å². The Morgan fingerprint density at radius 1 is 1.30 bits per heavy atom. The van der Waals surface area contributed by atoms with Crippen LogP contribution >= 0.6 is 0 Å². The van der Waals surface area contributed by atoms with Gasteiger partial charge in [0.1, 0.15) is 21.7 Å². The number of hydrogen-bond acceptors (Lipinski definition) is 9. The highest BCUT2D eigenvalue weighted by molar-refractivity contribution is 7.90. The van der Waals surface area contributed by atoms with Gasteiger partial charge in [0.05, 0.1) is 4.90 Å². The fourth-order valence-electron chi connectivity index (χ4n) is 3.21. The summed E-state index contributed by atoms with van der Waals surface area (Å²) in [6.07, 6.45) is 2.23. The molecule has 0 saturated carbocycles. The highest BCUT2D eigenvalue weighted by Crippen LogP contribution is 2.34. The molecule has 162 valence electrons. The van der Waals surface area contributed by atoms with Crippen molar-refractivity contribution in [2.24, 2.45) is 21.8 Å². The second kappa shape index (κ2) is 9.03. The van der Waals surface area contributed by atoms with Gasteiger partial charge in [0.25, 0.3) is 0 Å². The van der Waals surface area contributed by atoms with Crippen LogP contribution in [0.25, 0.3) is 11.1 Å². The number of nitrogens with one attached hydrogen (secondary N) is 3. The fourth-order valence-corrected chi connectivity index (χ4v) is 5.73. The molecule has 0 bridgehead atoms. The van der Waals surface area contributed by atoms with Gasteiger partial charge in [-0.15, -0.1) is 5.10 Å². The second-order valence-corrected chi connectivity index (χ2v) is 9.21. The van der Waals surface area contributed by atoms with E-state index in [0.29, 0.717) is 17.7 Å². The Morgan fingerprint density at radius 3 is 2.67 bits per heavy atom. The summed E-state index contributed by atoms with van der Waals surface area (Å²) < 4.78 is 41.1. The summed E-state index contributed by atoms with van der Waals surface area (Å²) in [6.45, 7) is 1.37. The van der Waals surface area contributed by atoms with E-state index in [1.807, 2.05) is 5.53 Å². The molecule has 0 aliphatic carbocycles. The average molecular weight is 454 g/mol. The fraction of sp³-hybridized carbons (Fsp3) is 0.250. The van der Waals surface area contributed by atoms with Crippen molar-refractivity contribution in [3.63, 3.8) is 0 Å². The van der Waals surface area contributed by atoms with E-state index in [1.165, 1.54) is 18.3 Å². The van der Waals surface area contributed by atoms with Crippen LogP contribution in [0.3, 0.4) is 0 Å². The molecule has 1 saturated heterocycles. The number of hydrogen-bond donors (Lipinski definition) is 7. The predicted molar refractivity (Wildman–Crippen MR) is 114 cm³/mol. The third-order valence-electron chi connectivity index (χ3n) is 4.51. The summed E-state index contributed by atoms with van der Waals surface area (Å²) in [5.74, 6) is 5.10. The average Bonchev–Trinajstić information content (AvgIpc) is 3.19. The number of benzene rings is 1. The van der Waals surface area contributed by atoms with Crippen LogP contribution in [-0.2, 0) is 21.0 Å². The molecule has 2 heterocycles. The zero-order chi connectivity index (χ0) is 21.9. The number of rotatable bonds is 7. The number of pyridine rings is 1. The number of nitrogens with two attached hydrogens (primary N) is 4. The third kappa shape index (κ3) is 4.58. The van der Waals surface area contributed by atoms with Crippen molar-refractivity contribution >= 4 is 32.7 Å². The maximum Gasteiger partial charge on any atom is 0.240 e. The molecule has 12 nitrogen and oxygen atoms in total. The van der Waals surface area contributed by atoms with E-state index < -0.39 is 25.9 Å². The molecule has 1 aliphatic rings. The van der Waals surface area contributed by atoms with Gasteiger partial charge in [-0.1, -0.05) is 6.07 Å². The Labute approximate surface area is 176 Å². The Morgan fingerprint density at radius 2 is 2.07 bits per heavy atom. The van der Waals surface area contributed by atoms with Crippen molar-refractivity contribution in [1.82, 2.24) is 20.6 Å². The molecule has 2 aromatic rings. The normalized spacial score (nSPS) is 18.3. The van der Waals surface area contributed by atoms with Gasteiger partial charge >= 0.3 is 0 Å². The molecule has 2 atom stereocenters. The van der Waals surface area contributed by atoms with Crippen molar-refractivity contribution < 1.29 is 12.6 Å². The summed E-state index contributed by atoms with van der Waals surface area (Å²) in [7, 11) is -6.28. The van der Waals surface area contributed by atoms with Crippen LogP contribution in [0.5, 0.6) is 0 Å². The quantitative estimate of drug-likeness (QED) is 0.107. The lowest BCUT2D eigenvalue weighted by atomic mass is 9.99. The molecule has 1 aromatic carbocycles. The molecule has 30 heavy (non-hydrogen) atoms. The summed E-state index contributed by atoms with van der Waals surface area (Å²) >= 11 is 0. The van der Waals surface area contributed by atoms with Crippen molar-refractivity contribution in [3.8, 4) is 11.1 Å². The van der Waals surface area contributed by atoms with Crippen LogP contribution in [0.1, 0.15) is 12.0 Å². The van der Waals surface area contributed by atoms with Crippen molar-refractivity contribution in [1.29, 1.82) is 0 Å². The van der Waals surface area contributed by atoms with Gasteiger partial charge < -0.3 is 16.8 Å². The molecular weight excluding hydrogens is 430 g/mol. The van der Waals surface area contributed by atoms with E-state index in [0.717, 1.165) is 13.0 Å². The SMILES string of the molecule is NN/N=C(\N)c1c(-c2cccnc2N)ccc(S(=O)NC2CCNC2)c1S(N)(=O)=O. The van der Waals surface area contributed by atoms with Gasteiger partial charge in [-0.2, -0.15) is 0 Å². The molecule has 0 radical (unpaired) electrons. The van der Waals surface area contributed by atoms with E-state index >= 15 is 0 Å². The largest absolute Gasteiger partial charge is 0.383 e. The number of aromatic nitrogens is 1. The molecule has 1 aliphatic heterocycles. The van der Waals surface area contributed by atoms with E-state index in [-0.39, 0.29) is 28.2 Å². The number of anilines is 1. The topological polar surface area (TPSA) is 217 Å². The summed E-state index contributed by atoms with van der Waals surface area (Å²) in [6, 6.07) is 6.11. The molecule has 1 fully saturated rings. The standard InChI is InChI=1S/C16H23N9O3S2/c17-15-11(2-1-6-22-15)10-3-4-12(29(26)24-9-5-7-21-8-9)14(30(20,27)28)13(10)16(18)23-25-19/h1-4,6,9,21,24-25H,5,7-8,19H2,(H2,17,22)(H2,18,23)(H2,20,27,28). The second-order valence-electron chi connectivity index (χ2n) is 6.50. The first-order valence-electron chi connectivity index (χ1n) is 8.82. The smallest absolute Gasteiger partial charge is 0.240 e. The highest BCUT2D eigenvalue weighted by atomic mass is 32.2. The number of hydrazone groups is 1. The first kappa shape index (κ1) is 22.1. The molecule has 2 unspecified atom stereocenters. The van der Waals surface area contributed by atoms with E-state index in [1.54, 1.807) is 12.1 Å². The summed E-state index contributed by atoms with van der Waals surface area (Å²) in [4.78, 5) is 3.53. The maximum atomic E-state index is 13.0. The molecule has 14 heteroatoms. The molecular formula is C16H23N9O3S2. The minimum atomic E-state index is -4.39. The number of nitrogens with zero attached hydrogens (tertiary/aromatic N) is 2. The van der Waals surface area contributed by atoms with Gasteiger partial charge in [-0.3, -0.25) is 0 Å². The monoisotopic (exact) mass is 453 g/mol. The lowest BCUT2D eigenvalue weighted by Gasteiger charge is -2.19. The highest BCUT2D eigenvalue weighted by Gasteiger charge is 2.29. The van der Waals surface area contributed by atoms with Crippen LogP contribution in [0.4, 0.5) is 5.82 Å². The van der Waals surface area contributed by atoms with Crippen LogP contribution in [0.15, 0.2) is 45.4 Å². The minimum absolute atomic E-state index is 0.0548. The zero-order valence-electron chi connectivity index (χ0n) is 15.8. The lowest BCUT2D eigenvalue weighted by Crippen LogP contribution is -2.34. The first-order valence-corrected chi connectivity index (χ1v) is 11.5. The van der Waals surface area contributed by atoms with Crippen LogP contribution in [0, 0.1) is 0 Å². The van der Waals surface area contributed by atoms with Crippen LogP contribution in [-0.4, -0.2) is 42.6 Å². The maximum absolute atomic E-state index is 13.0. The van der Waals surface area contributed by atoms with Crippen molar-refractivity contribution in [3.05, 3.63) is 36.0 Å². The Bertz CT molecular complexity index is 1100. The van der Waals surface area contributed by atoms with Crippen LogP contribution < -0.4 is 38.0 Å². The number of amidine groups is 1. The minimum Gasteiger partial charge on any atom is -0.383 e. The van der Waals surface area contributed by atoms with Gasteiger partial charge in [-0.25, -0.2) is 38.8 Å². The molecule has 0 amide bonds. The summed E-state index contributed by atoms with van der Waals surface area (Å²) in [5.41, 5.74) is 14.6. The molecule has 1 aromatic heterocycles. The van der Waals surface area contributed by atoms with Crippen molar-refractivity contribution in [2.75, 3.05) is 18.8 Å². The zero-order valence-corrected chi connectivity index (χ0v) is 17.5. The summed E-state index contributed by atoms with van der Waals surface area (Å²) in [5, 5.41) is 12.3. The van der Waals surface area contributed by atoms with Gasteiger partial charge in [0.2, 0.25) is 10.0 Å². The molecule has 11 N–H and O–H groups in total. The van der Waals surface area contributed by atoms with Gasteiger partial charge in [-0.05, 0) is 36.7 Å². The lowest BCUT2D eigenvalue weighted by molar-refractivity contribution is 0.593. The van der Waals surface area contributed by atoms with Crippen molar-refractivity contribution in [2.45, 2.75) is 22.3 Å².